The Morgan fingerprint density at radius 3 is 2.62 bits per heavy atom. The first kappa shape index (κ1) is 19.6. The summed E-state index contributed by atoms with van der Waals surface area (Å²) < 4.78 is 11.3. The highest BCUT2D eigenvalue weighted by Gasteiger charge is 2.40. The number of aromatic nitrogens is 3. The number of nitrogens with zero attached hydrogens (tertiary/aromatic N) is 3. The van der Waals surface area contributed by atoms with Crippen LogP contribution < -0.4 is 15.2 Å². The van der Waals surface area contributed by atoms with Gasteiger partial charge in [0.15, 0.2) is 0 Å². The van der Waals surface area contributed by atoms with Crippen LogP contribution in [0.2, 0.25) is 0 Å². The first-order valence-corrected chi connectivity index (χ1v) is 10.3. The molecule has 29 heavy (non-hydrogen) atoms. The van der Waals surface area contributed by atoms with Crippen LogP contribution in [0.3, 0.4) is 0 Å². The fraction of sp³-hybridized carbons (Fsp3) is 0.545. The van der Waals surface area contributed by atoms with E-state index in [1.165, 1.54) is 0 Å². The average molecular weight is 396 g/mol. The van der Waals surface area contributed by atoms with E-state index in [9.17, 15) is 4.79 Å². The number of carbonyl (C=O) groups excluding carboxylic acids is 1. The predicted octanol–water partition coefficient (Wildman–Crippen LogP) is 3.13. The molecule has 2 aromatic rings. The van der Waals surface area contributed by atoms with Crippen molar-refractivity contribution in [1.82, 2.24) is 15.0 Å². The van der Waals surface area contributed by atoms with Gasteiger partial charge in [0, 0.05) is 35.2 Å². The Balaban J connectivity index is 1.38. The summed E-state index contributed by atoms with van der Waals surface area (Å²) in [5.41, 5.74) is 7.61. The molecule has 4 rings (SSSR count). The minimum atomic E-state index is -0.188. The highest BCUT2D eigenvalue weighted by atomic mass is 16.5. The standard InChI is InChI=1S/C22H28N4O3/c1-13-24-11-19(14-3-5-15(6-4-14)21(23)27)22(26-13)29-12-16-9-18(16)20-8-7-17(28-2)10-25-20/h7-8,10-11,14-16,18H,3-6,9,12H2,1-2H3,(H2,23,27)/t14-,15-,16-,18+/m1/s1. The van der Waals surface area contributed by atoms with E-state index in [-0.39, 0.29) is 11.8 Å². The van der Waals surface area contributed by atoms with Crippen LogP contribution in [-0.4, -0.2) is 34.6 Å². The van der Waals surface area contributed by atoms with Gasteiger partial charge in [-0.2, -0.15) is 4.98 Å². The van der Waals surface area contributed by atoms with Crippen molar-refractivity contribution in [3.8, 4) is 11.6 Å². The van der Waals surface area contributed by atoms with E-state index in [1.807, 2.05) is 25.3 Å². The molecule has 2 aliphatic rings. The van der Waals surface area contributed by atoms with Crippen LogP contribution in [0.25, 0.3) is 0 Å². The Morgan fingerprint density at radius 1 is 1.17 bits per heavy atom. The lowest BCUT2D eigenvalue weighted by atomic mass is 9.79. The number of methoxy groups -OCH3 is 1. The molecule has 2 N–H and O–H groups in total. The quantitative estimate of drug-likeness (QED) is 0.772. The van der Waals surface area contributed by atoms with Gasteiger partial charge >= 0.3 is 0 Å². The third kappa shape index (κ3) is 4.49. The molecule has 2 saturated carbocycles. The first-order chi connectivity index (χ1) is 14.0. The molecule has 0 saturated heterocycles. The van der Waals surface area contributed by atoms with Crippen molar-refractivity contribution >= 4 is 5.91 Å². The zero-order valence-electron chi connectivity index (χ0n) is 17.0. The molecule has 2 heterocycles. The number of aryl methyl sites for hydroxylation is 1. The second-order valence-electron chi connectivity index (χ2n) is 8.16. The predicted molar refractivity (Wildman–Crippen MR) is 108 cm³/mol. The molecule has 0 unspecified atom stereocenters. The number of nitrogens with two attached hydrogens (primary N) is 1. The molecule has 7 nitrogen and oxygen atoms in total. The lowest BCUT2D eigenvalue weighted by molar-refractivity contribution is -0.122. The van der Waals surface area contributed by atoms with Crippen molar-refractivity contribution in [3.63, 3.8) is 0 Å². The molecule has 0 aromatic carbocycles. The monoisotopic (exact) mass is 396 g/mol. The molecular weight excluding hydrogens is 368 g/mol. The lowest BCUT2D eigenvalue weighted by Crippen LogP contribution is -2.27. The molecule has 1 amide bonds. The van der Waals surface area contributed by atoms with E-state index in [2.05, 4.69) is 15.0 Å². The first-order valence-electron chi connectivity index (χ1n) is 10.3. The minimum Gasteiger partial charge on any atom is -0.495 e. The van der Waals surface area contributed by atoms with E-state index in [0.29, 0.717) is 36.1 Å². The summed E-state index contributed by atoms with van der Waals surface area (Å²) in [5.74, 6) is 3.17. The molecule has 0 aliphatic heterocycles. The number of carbonyl (C=O) groups is 1. The Kier molecular flexibility index (Phi) is 5.65. The third-order valence-corrected chi connectivity index (χ3v) is 6.20. The Morgan fingerprint density at radius 2 is 1.97 bits per heavy atom. The summed E-state index contributed by atoms with van der Waals surface area (Å²) in [6.45, 7) is 2.50. The number of hydrogen-bond acceptors (Lipinski definition) is 6. The van der Waals surface area contributed by atoms with Crippen molar-refractivity contribution in [1.29, 1.82) is 0 Å². The number of pyridine rings is 1. The number of ether oxygens (including phenoxy) is 2. The summed E-state index contributed by atoms with van der Waals surface area (Å²) in [6.07, 6.45) is 8.20. The zero-order chi connectivity index (χ0) is 20.4. The fourth-order valence-electron chi connectivity index (χ4n) is 4.25. The normalized spacial score (nSPS) is 26.0. The van der Waals surface area contributed by atoms with E-state index in [4.69, 9.17) is 15.2 Å². The van der Waals surface area contributed by atoms with Crippen LogP contribution in [0.1, 0.15) is 61.0 Å². The summed E-state index contributed by atoms with van der Waals surface area (Å²) in [6, 6.07) is 3.98. The zero-order valence-corrected chi connectivity index (χ0v) is 17.0. The van der Waals surface area contributed by atoms with E-state index >= 15 is 0 Å². The van der Waals surface area contributed by atoms with Crippen molar-refractivity contribution in [2.75, 3.05) is 13.7 Å². The molecular formula is C22H28N4O3. The van der Waals surface area contributed by atoms with Crippen molar-refractivity contribution < 1.29 is 14.3 Å². The van der Waals surface area contributed by atoms with Gasteiger partial charge in [0.2, 0.25) is 11.8 Å². The molecule has 2 atom stereocenters. The molecule has 0 radical (unpaired) electrons. The number of hydrogen-bond donors (Lipinski definition) is 1. The SMILES string of the molecule is COc1ccc([C@H]2C[C@@H]2COc2nc(C)ncc2[C@H]2CC[C@H](C(N)=O)CC2)nc1. The summed E-state index contributed by atoms with van der Waals surface area (Å²) >= 11 is 0. The maximum atomic E-state index is 11.4. The van der Waals surface area contributed by atoms with Gasteiger partial charge in [-0.3, -0.25) is 9.78 Å². The largest absolute Gasteiger partial charge is 0.495 e. The van der Waals surface area contributed by atoms with Gasteiger partial charge in [-0.1, -0.05) is 0 Å². The molecule has 7 heteroatoms. The number of rotatable bonds is 7. The highest BCUT2D eigenvalue weighted by molar-refractivity contribution is 5.76. The molecule has 2 fully saturated rings. The van der Waals surface area contributed by atoms with E-state index in [1.54, 1.807) is 13.3 Å². The van der Waals surface area contributed by atoms with Gasteiger partial charge in [-0.25, -0.2) is 4.98 Å². The average Bonchev–Trinajstić information content (AvgIpc) is 3.52. The van der Waals surface area contributed by atoms with Crippen LogP contribution in [0.4, 0.5) is 0 Å². The van der Waals surface area contributed by atoms with Crippen LogP contribution in [0.5, 0.6) is 11.6 Å². The van der Waals surface area contributed by atoms with Crippen LogP contribution in [0, 0.1) is 18.8 Å². The van der Waals surface area contributed by atoms with Crippen molar-refractivity contribution in [2.45, 2.75) is 50.9 Å². The van der Waals surface area contributed by atoms with Crippen molar-refractivity contribution in [3.05, 3.63) is 41.6 Å². The molecule has 154 valence electrons. The van der Waals surface area contributed by atoms with Crippen molar-refractivity contribution in [2.24, 2.45) is 17.6 Å². The van der Waals surface area contributed by atoms with E-state index in [0.717, 1.165) is 49.1 Å². The van der Waals surface area contributed by atoms with Gasteiger partial charge < -0.3 is 15.2 Å². The molecule has 0 bridgehead atoms. The molecule has 2 aliphatic carbocycles. The fourth-order valence-corrected chi connectivity index (χ4v) is 4.25. The van der Waals surface area contributed by atoms with Gasteiger partial charge in [-0.05, 0) is 57.1 Å². The van der Waals surface area contributed by atoms with Crippen LogP contribution in [-0.2, 0) is 4.79 Å². The number of primary amides is 1. The maximum absolute atomic E-state index is 11.4. The Labute approximate surface area is 171 Å². The maximum Gasteiger partial charge on any atom is 0.220 e. The number of amides is 1. The Hall–Kier alpha value is -2.70. The Bertz CT molecular complexity index is 863. The van der Waals surface area contributed by atoms with Gasteiger partial charge in [0.1, 0.15) is 11.6 Å². The topological polar surface area (TPSA) is 100 Å². The third-order valence-electron chi connectivity index (χ3n) is 6.20. The molecule has 0 spiro atoms. The van der Waals surface area contributed by atoms with E-state index < -0.39 is 0 Å². The van der Waals surface area contributed by atoms with Gasteiger partial charge in [-0.15, -0.1) is 0 Å². The smallest absolute Gasteiger partial charge is 0.220 e. The van der Waals surface area contributed by atoms with Crippen LogP contribution >= 0.6 is 0 Å². The highest BCUT2D eigenvalue weighted by Crippen LogP contribution is 2.47. The summed E-state index contributed by atoms with van der Waals surface area (Å²) in [4.78, 5) is 24.9. The van der Waals surface area contributed by atoms with Gasteiger partial charge in [0.25, 0.3) is 0 Å². The minimum absolute atomic E-state index is 0.00814. The lowest BCUT2D eigenvalue weighted by Gasteiger charge is -2.27. The van der Waals surface area contributed by atoms with Crippen LogP contribution in [0.15, 0.2) is 24.5 Å². The second kappa shape index (κ2) is 8.35. The molecule has 2 aromatic heterocycles. The second-order valence-corrected chi connectivity index (χ2v) is 8.16. The van der Waals surface area contributed by atoms with Gasteiger partial charge in [0.05, 0.1) is 19.9 Å². The summed E-state index contributed by atoms with van der Waals surface area (Å²) in [5, 5.41) is 0. The summed E-state index contributed by atoms with van der Waals surface area (Å²) in [7, 11) is 1.64.